The Morgan fingerprint density at radius 1 is 1.62 bits per heavy atom. The lowest BCUT2D eigenvalue weighted by Gasteiger charge is -2.33. The molecule has 1 aromatic heterocycles. The van der Waals surface area contributed by atoms with Crippen LogP contribution in [0, 0.1) is 12.8 Å². The lowest BCUT2D eigenvalue weighted by atomic mass is 9.80. The van der Waals surface area contributed by atoms with E-state index in [-0.39, 0.29) is 7.05 Å². The van der Waals surface area contributed by atoms with Crippen LogP contribution in [0.4, 0.5) is 0 Å². The topological polar surface area (TPSA) is 41.3 Å². The highest BCUT2D eigenvalue weighted by atomic mass is 16.2. The highest BCUT2D eigenvalue weighted by molar-refractivity contribution is 6.45. The third-order valence-electron chi connectivity index (χ3n) is 3.31. The molecule has 1 aliphatic rings. The van der Waals surface area contributed by atoms with E-state index in [0.717, 1.165) is 25.3 Å². The summed E-state index contributed by atoms with van der Waals surface area (Å²) < 4.78 is 2.16. The van der Waals surface area contributed by atoms with Crippen molar-refractivity contribution >= 4 is 7.05 Å². The fourth-order valence-corrected chi connectivity index (χ4v) is 2.46. The minimum atomic E-state index is -0.313. The molecule has 0 spiro atoms. The fourth-order valence-electron chi connectivity index (χ4n) is 2.46. The van der Waals surface area contributed by atoms with Crippen LogP contribution in [0.25, 0.3) is 0 Å². The molecule has 16 heavy (non-hydrogen) atoms. The third-order valence-corrected chi connectivity index (χ3v) is 3.31. The average molecular weight is 221 g/mol. The lowest BCUT2D eigenvalue weighted by Crippen LogP contribution is -2.45. The minimum Gasteiger partial charge on any atom is -0.437 e. The van der Waals surface area contributed by atoms with Crippen molar-refractivity contribution in [1.29, 1.82) is 0 Å². The number of hydrogen-bond acceptors (Lipinski definition) is 3. The summed E-state index contributed by atoms with van der Waals surface area (Å²) in [6, 6.07) is 0. The summed E-state index contributed by atoms with van der Waals surface area (Å²) in [6.07, 6.45) is 6.42. The molecule has 5 heteroatoms. The molecule has 1 aliphatic heterocycles. The maximum atomic E-state index is 9.57. The molecule has 2 rings (SSSR count). The van der Waals surface area contributed by atoms with E-state index >= 15 is 0 Å². The Morgan fingerprint density at radius 2 is 2.44 bits per heavy atom. The molecule has 1 saturated heterocycles. The zero-order chi connectivity index (χ0) is 11.5. The standard InChI is InChI=1S/C11H20BN3O/c1-10-6-14(9-13-10)7-11-4-3-5-15(8-11)12(2)16/h6,9,11,16H,3-5,7-8H2,1-2H3/t11-/m0/s1. The maximum absolute atomic E-state index is 9.57. The minimum absolute atomic E-state index is 0.313. The Labute approximate surface area is 97.4 Å². The van der Waals surface area contributed by atoms with E-state index in [0.29, 0.717) is 5.92 Å². The second-order valence-corrected chi connectivity index (χ2v) is 4.85. The molecule has 0 unspecified atom stereocenters. The largest absolute Gasteiger partial charge is 0.437 e. The van der Waals surface area contributed by atoms with Gasteiger partial charge >= 0.3 is 7.05 Å². The zero-order valence-electron chi connectivity index (χ0n) is 10.1. The van der Waals surface area contributed by atoms with Gasteiger partial charge in [0.2, 0.25) is 0 Å². The summed E-state index contributed by atoms with van der Waals surface area (Å²) in [5.41, 5.74) is 1.07. The molecule has 0 aromatic carbocycles. The van der Waals surface area contributed by atoms with E-state index in [1.807, 2.05) is 20.1 Å². The van der Waals surface area contributed by atoms with Crippen LogP contribution in [0.5, 0.6) is 0 Å². The molecule has 88 valence electrons. The molecule has 0 bridgehead atoms. The highest BCUT2D eigenvalue weighted by Gasteiger charge is 2.24. The van der Waals surface area contributed by atoms with Gasteiger partial charge in [0.05, 0.1) is 12.0 Å². The van der Waals surface area contributed by atoms with Crippen molar-refractivity contribution in [1.82, 2.24) is 14.4 Å². The van der Waals surface area contributed by atoms with Crippen LogP contribution in [0.3, 0.4) is 0 Å². The predicted molar refractivity (Wildman–Crippen MR) is 65.1 cm³/mol. The average Bonchev–Trinajstić information content (AvgIpc) is 2.64. The van der Waals surface area contributed by atoms with Gasteiger partial charge in [-0.25, -0.2) is 4.98 Å². The number of rotatable bonds is 3. The molecule has 0 saturated carbocycles. The number of aryl methyl sites for hydroxylation is 1. The predicted octanol–water partition coefficient (Wildman–Crippen LogP) is 1.01. The summed E-state index contributed by atoms with van der Waals surface area (Å²) in [5, 5.41) is 9.57. The molecule has 0 amide bonds. The smallest absolute Gasteiger partial charge is 0.376 e. The molecule has 0 aliphatic carbocycles. The van der Waals surface area contributed by atoms with Crippen molar-refractivity contribution in [3.05, 3.63) is 18.2 Å². The van der Waals surface area contributed by atoms with Gasteiger partial charge in [-0.05, 0) is 45.6 Å². The van der Waals surface area contributed by atoms with Crippen molar-refractivity contribution in [2.45, 2.75) is 33.1 Å². The van der Waals surface area contributed by atoms with Crippen molar-refractivity contribution in [2.24, 2.45) is 5.92 Å². The first kappa shape index (κ1) is 11.7. The van der Waals surface area contributed by atoms with Crippen LogP contribution < -0.4 is 0 Å². The second-order valence-electron chi connectivity index (χ2n) is 4.85. The summed E-state index contributed by atoms with van der Waals surface area (Å²) in [7, 11) is -0.313. The molecule has 1 fully saturated rings. The molecule has 1 atom stereocenters. The van der Waals surface area contributed by atoms with Crippen molar-refractivity contribution in [3.63, 3.8) is 0 Å². The SMILES string of the molecule is CB(O)N1CCC[C@@H](Cn2cnc(C)c2)C1. The van der Waals surface area contributed by atoms with Gasteiger partial charge in [0.25, 0.3) is 0 Å². The monoisotopic (exact) mass is 221 g/mol. The molecular weight excluding hydrogens is 201 g/mol. The Hall–Kier alpha value is -0.805. The summed E-state index contributed by atoms with van der Waals surface area (Å²) in [4.78, 5) is 6.39. The van der Waals surface area contributed by atoms with Gasteiger partial charge in [-0.2, -0.15) is 0 Å². The Bertz CT molecular complexity index is 340. The first-order chi connectivity index (χ1) is 7.65. The van der Waals surface area contributed by atoms with E-state index in [2.05, 4.69) is 20.6 Å². The van der Waals surface area contributed by atoms with Gasteiger partial charge in [-0.3, -0.25) is 0 Å². The van der Waals surface area contributed by atoms with Crippen LogP contribution in [-0.2, 0) is 6.54 Å². The van der Waals surface area contributed by atoms with Gasteiger partial charge in [0.15, 0.2) is 0 Å². The molecule has 1 N–H and O–H groups in total. The second kappa shape index (κ2) is 5.02. The van der Waals surface area contributed by atoms with Crippen LogP contribution in [0.2, 0.25) is 6.82 Å². The van der Waals surface area contributed by atoms with Crippen LogP contribution in [0.15, 0.2) is 12.5 Å². The lowest BCUT2D eigenvalue weighted by molar-refractivity contribution is 0.225. The van der Waals surface area contributed by atoms with Crippen molar-refractivity contribution < 1.29 is 5.02 Å². The van der Waals surface area contributed by atoms with Crippen molar-refractivity contribution in [2.75, 3.05) is 13.1 Å². The normalized spacial score (nSPS) is 22.3. The first-order valence-corrected chi connectivity index (χ1v) is 6.05. The quantitative estimate of drug-likeness (QED) is 0.774. The van der Waals surface area contributed by atoms with Crippen LogP contribution in [0.1, 0.15) is 18.5 Å². The van der Waals surface area contributed by atoms with Gasteiger partial charge in [0.1, 0.15) is 0 Å². The summed E-state index contributed by atoms with van der Waals surface area (Å²) >= 11 is 0. The zero-order valence-corrected chi connectivity index (χ0v) is 10.1. The fraction of sp³-hybridized carbons (Fsp3) is 0.727. The molecule has 0 radical (unpaired) electrons. The molecule has 2 heterocycles. The molecular formula is C11H20BN3O. The van der Waals surface area contributed by atoms with Gasteiger partial charge in [0, 0.05) is 12.7 Å². The van der Waals surface area contributed by atoms with E-state index in [1.54, 1.807) is 0 Å². The number of nitrogens with zero attached hydrogens (tertiary/aromatic N) is 3. The summed E-state index contributed by atoms with van der Waals surface area (Å²) in [5.74, 6) is 0.636. The van der Waals surface area contributed by atoms with E-state index in [9.17, 15) is 5.02 Å². The number of piperidine rings is 1. The Kier molecular flexibility index (Phi) is 3.66. The van der Waals surface area contributed by atoms with Gasteiger partial charge in [-0.1, -0.05) is 0 Å². The third kappa shape index (κ3) is 2.86. The van der Waals surface area contributed by atoms with E-state index in [4.69, 9.17) is 0 Å². The maximum Gasteiger partial charge on any atom is 0.376 e. The van der Waals surface area contributed by atoms with Crippen LogP contribution in [-0.4, -0.2) is 39.5 Å². The van der Waals surface area contributed by atoms with E-state index < -0.39 is 0 Å². The molecule has 4 nitrogen and oxygen atoms in total. The first-order valence-electron chi connectivity index (χ1n) is 6.05. The van der Waals surface area contributed by atoms with E-state index in [1.165, 1.54) is 12.8 Å². The summed E-state index contributed by atoms with van der Waals surface area (Å²) in [6.45, 7) is 6.90. The van der Waals surface area contributed by atoms with Crippen LogP contribution >= 0.6 is 0 Å². The van der Waals surface area contributed by atoms with Gasteiger partial charge in [-0.15, -0.1) is 0 Å². The number of imidazole rings is 1. The Morgan fingerprint density at radius 3 is 3.06 bits per heavy atom. The number of aromatic nitrogens is 2. The van der Waals surface area contributed by atoms with Crippen molar-refractivity contribution in [3.8, 4) is 0 Å². The molecule has 1 aromatic rings. The van der Waals surface area contributed by atoms with Gasteiger partial charge < -0.3 is 14.4 Å². The number of hydrogen-bond donors (Lipinski definition) is 1. The highest BCUT2D eigenvalue weighted by Crippen LogP contribution is 2.18. The Balaban J connectivity index is 1.90.